The van der Waals surface area contributed by atoms with Crippen molar-refractivity contribution in [2.24, 2.45) is 12.8 Å². The number of carbonyl (C=O) groups is 3. The summed E-state index contributed by atoms with van der Waals surface area (Å²) in [4.78, 5) is 37.3. The number of halogens is 1. The lowest BCUT2D eigenvalue weighted by Crippen LogP contribution is -2.79. The summed E-state index contributed by atoms with van der Waals surface area (Å²) >= 11 is 8.56. The van der Waals surface area contributed by atoms with Gasteiger partial charge in [0.1, 0.15) is 11.1 Å². The number of methoxy groups -OCH3 is 1. The smallest absolute Gasteiger partial charge is 0.352 e. The van der Waals surface area contributed by atoms with Crippen LogP contribution in [0.1, 0.15) is 0 Å². The first-order valence-corrected chi connectivity index (χ1v) is 9.97. The van der Waals surface area contributed by atoms with Crippen LogP contribution in [0.3, 0.4) is 0 Å². The number of nitrogens with two attached hydrogens (primary N) is 1. The van der Waals surface area contributed by atoms with Gasteiger partial charge in [-0.2, -0.15) is 0 Å². The Labute approximate surface area is 166 Å². The highest BCUT2D eigenvalue weighted by Gasteiger charge is 2.69. The molecule has 0 saturated carbocycles. The number of alkyl halides is 1. The molecule has 0 radical (unpaired) electrons. The number of fused-ring (bicyclic) bond motifs is 1. The van der Waals surface area contributed by atoms with E-state index < -0.39 is 34.1 Å². The lowest BCUT2D eigenvalue weighted by Gasteiger charge is -2.57. The molecule has 1 fully saturated rings. The minimum Gasteiger partial charge on any atom is -0.477 e. The molecule has 146 valence electrons. The van der Waals surface area contributed by atoms with E-state index >= 15 is 0 Å². The minimum atomic E-state index is -1.69. The van der Waals surface area contributed by atoms with Crippen molar-refractivity contribution in [3.63, 3.8) is 0 Å². The Morgan fingerprint density at radius 2 is 2.30 bits per heavy atom. The molecule has 3 atom stereocenters. The number of aryl methyl sites for hydroxylation is 1. The van der Waals surface area contributed by atoms with Crippen LogP contribution in [0.5, 0.6) is 0 Å². The van der Waals surface area contributed by atoms with Crippen LogP contribution in [0.4, 0.5) is 0 Å². The van der Waals surface area contributed by atoms with Gasteiger partial charge in [-0.3, -0.25) is 14.5 Å². The highest BCUT2D eigenvalue weighted by atomic mass is 35.5. The van der Waals surface area contributed by atoms with Gasteiger partial charge in [0.25, 0.3) is 5.91 Å². The van der Waals surface area contributed by atoms with Gasteiger partial charge in [0.15, 0.2) is 5.38 Å². The molecule has 1 aromatic heterocycles. The number of tetrazole rings is 1. The molecule has 3 rings (SSSR count). The molecule has 3 N–H and O–H groups in total. The fourth-order valence-electron chi connectivity index (χ4n) is 2.96. The number of carboxylic acids is 1. The Morgan fingerprint density at radius 3 is 2.81 bits per heavy atom. The number of hydrogen-bond donors (Lipinski definition) is 2. The van der Waals surface area contributed by atoms with Gasteiger partial charge in [-0.05, 0) is 16.0 Å². The van der Waals surface area contributed by atoms with E-state index in [0.717, 1.165) is 4.90 Å². The number of carboxylic acid groups (broad SMARTS) is 1. The van der Waals surface area contributed by atoms with Crippen molar-refractivity contribution in [3.8, 4) is 0 Å². The van der Waals surface area contributed by atoms with Crippen LogP contribution >= 0.6 is 35.1 Å². The number of hydrogen-bond acceptors (Lipinski definition) is 9. The van der Waals surface area contributed by atoms with E-state index in [1.807, 2.05) is 0 Å². The van der Waals surface area contributed by atoms with Crippen molar-refractivity contribution in [2.45, 2.75) is 21.5 Å². The third-order valence-electron chi connectivity index (χ3n) is 4.27. The van der Waals surface area contributed by atoms with E-state index in [1.165, 1.54) is 35.3 Å². The Bertz CT molecular complexity index is 847. The monoisotopic (exact) mass is 434 g/mol. The second kappa shape index (κ2) is 7.30. The summed E-state index contributed by atoms with van der Waals surface area (Å²) in [6.07, 6.45) is 0. The fourth-order valence-corrected chi connectivity index (χ4v) is 5.85. The average molecular weight is 435 g/mol. The minimum absolute atomic E-state index is 0.146. The molecular weight excluding hydrogens is 420 g/mol. The molecule has 0 bridgehead atoms. The van der Waals surface area contributed by atoms with Crippen molar-refractivity contribution in [1.82, 2.24) is 25.1 Å². The Balaban J connectivity index is 1.90. The SMILES string of the molecule is CO[C@]1(C(Cl)C(N)=O)C(=O)N2C(C(=O)O)=C(CSc3nnnn3C)CSC21. The molecule has 11 nitrogen and oxygen atoms in total. The topological polar surface area (TPSA) is 154 Å². The number of aromatic nitrogens is 4. The molecular formula is C13H15ClN6O5S2. The maximum Gasteiger partial charge on any atom is 0.352 e. The number of ether oxygens (including phenoxy) is 1. The maximum absolute atomic E-state index is 12.8. The van der Waals surface area contributed by atoms with Gasteiger partial charge in [-0.25, -0.2) is 9.48 Å². The van der Waals surface area contributed by atoms with Gasteiger partial charge in [0.2, 0.25) is 16.7 Å². The number of amides is 2. The summed E-state index contributed by atoms with van der Waals surface area (Å²) in [5, 5.41) is 19.1. The standard InChI is InChI=1S/C13H15ClN6O5S2/c1-19-12(16-17-18-19)27-4-5-3-26-11-13(25-2,7(14)8(15)21)10(24)20(11)6(5)9(22)23/h7,11H,3-4H2,1-2H3,(H2,15,21)(H,22,23)/t7?,11?,13-/m1/s1. The zero-order valence-electron chi connectivity index (χ0n) is 14.2. The maximum atomic E-state index is 12.8. The van der Waals surface area contributed by atoms with Crippen LogP contribution in [0.25, 0.3) is 0 Å². The van der Waals surface area contributed by atoms with Crippen LogP contribution in [0, 0.1) is 0 Å². The Kier molecular flexibility index (Phi) is 5.38. The number of β-lactam (4-membered cyclic amide) rings is 1. The van der Waals surface area contributed by atoms with E-state index in [2.05, 4.69) is 15.5 Å². The van der Waals surface area contributed by atoms with E-state index in [-0.39, 0.29) is 11.4 Å². The van der Waals surface area contributed by atoms with Crippen LogP contribution < -0.4 is 5.73 Å². The highest BCUT2D eigenvalue weighted by Crippen LogP contribution is 2.51. The highest BCUT2D eigenvalue weighted by molar-refractivity contribution is 8.01. The van der Waals surface area contributed by atoms with Crippen molar-refractivity contribution in [2.75, 3.05) is 18.6 Å². The average Bonchev–Trinajstić information content (AvgIpc) is 3.04. The molecule has 2 amide bonds. The van der Waals surface area contributed by atoms with E-state index in [4.69, 9.17) is 22.1 Å². The third-order valence-corrected chi connectivity index (χ3v) is 7.30. The Morgan fingerprint density at radius 1 is 1.59 bits per heavy atom. The predicted molar refractivity (Wildman–Crippen MR) is 95.9 cm³/mol. The van der Waals surface area contributed by atoms with Crippen molar-refractivity contribution in [1.29, 1.82) is 0 Å². The van der Waals surface area contributed by atoms with Crippen LogP contribution in [-0.4, -0.2) is 83.0 Å². The summed E-state index contributed by atoms with van der Waals surface area (Å²) in [6, 6.07) is 0. The predicted octanol–water partition coefficient (Wildman–Crippen LogP) is -0.966. The summed E-state index contributed by atoms with van der Waals surface area (Å²) in [5.41, 5.74) is 3.94. The molecule has 3 heterocycles. The van der Waals surface area contributed by atoms with Gasteiger partial charge >= 0.3 is 5.97 Å². The molecule has 2 aliphatic heterocycles. The second-order valence-corrected chi connectivity index (χ2v) is 8.18. The molecule has 1 saturated heterocycles. The molecule has 0 aliphatic carbocycles. The first kappa shape index (κ1) is 19.9. The number of thioether (sulfide) groups is 2. The largest absolute Gasteiger partial charge is 0.477 e. The first-order chi connectivity index (χ1) is 12.8. The summed E-state index contributed by atoms with van der Waals surface area (Å²) in [6.45, 7) is 0. The quantitative estimate of drug-likeness (QED) is 0.311. The fraction of sp³-hybridized carbons (Fsp3) is 0.538. The lowest BCUT2D eigenvalue weighted by atomic mass is 9.86. The zero-order valence-corrected chi connectivity index (χ0v) is 16.5. The normalized spacial score (nSPS) is 25.8. The summed E-state index contributed by atoms with van der Waals surface area (Å²) in [5.74, 6) is -2.29. The van der Waals surface area contributed by atoms with E-state index in [9.17, 15) is 19.5 Å². The van der Waals surface area contributed by atoms with E-state index in [0.29, 0.717) is 16.5 Å². The Hall–Kier alpha value is -1.83. The van der Waals surface area contributed by atoms with Crippen LogP contribution in [0.2, 0.25) is 0 Å². The lowest BCUT2D eigenvalue weighted by molar-refractivity contribution is -0.185. The molecule has 27 heavy (non-hydrogen) atoms. The van der Waals surface area contributed by atoms with Crippen LogP contribution in [-0.2, 0) is 26.2 Å². The second-order valence-electron chi connectivity index (χ2n) is 5.73. The first-order valence-electron chi connectivity index (χ1n) is 7.50. The molecule has 2 unspecified atom stereocenters. The third kappa shape index (κ3) is 2.98. The molecule has 0 aromatic carbocycles. The molecule has 2 aliphatic rings. The number of primary amides is 1. The van der Waals surface area contributed by atoms with E-state index in [1.54, 1.807) is 7.05 Å². The van der Waals surface area contributed by atoms with Gasteiger partial charge < -0.3 is 15.6 Å². The summed E-state index contributed by atoms with van der Waals surface area (Å²) in [7, 11) is 2.90. The molecule has 1 aromatic rings. The van der Waals surface area contributed by atoms with Crippen molar-refractivity contribution < 1.29 is 24.2 Å². The molecule has 0 spiro atoms. The van der Waals surface area contributed by atoms with Crippen LogP contribution in [0.15, 0.2) is 16.4 Å². The van der Waals surface area contributed by atoms with Gasteiger partial charge in [0.05, 0.1) is 0 Å². The summed E-state index contributed by atoms with van der Waals surface area (Å²) < 4.78 is 6.74. The number of carbonyl (C=O) groups excluding carboxylic acids is 2. The van der Waals surface area contributed by atoms with Gasteiger partial charge in [-0.1, -0.05) is 11.8 Å². The zero-order chi connectivity index (χ0) is 19.9. The van der Waals surface area contributed by atoms with Gasteiger partial charge in [-0.15, -0.1) is 28.5 Å². The number of nitrogens with zero attached hydrogens (tertiary/aromatic N) is 5. The number of aliphatic carboxylic acids is 1. The number of rotatable bonds is 7. The molecule has 14 heteroatoms. The van der Waals surface area contributed by atoms with Crippen molar-refractivity contribution >= 4 is 52.9 Å². The van der Waals surface area contributed by atoms with Gasteiger partial charge in [0, 0.05) is 25.7 Å². The van der Waals surface area contributed by atoms with Crippen molar-refractivity contribution in [3.05, 3.63) is 11.3 Å².